The lowest BCUT2D eigenvalue weighted by molar-refractivity contribution is 0.262. The number of pyridine rings is 1. The van der Waals surface area contributed by atoms with Gasteiger partial charge in [-0.15, -0.1) is 5.10 Å². The lowest BCUT2D eigenvalue weighted by atomic mass is 10.2. The van der Waals surface area contributed by atoms with Gasteiger partial charge in [0.2, 0.25) is 0 Å². The van der Waals surface area contributed by atoms with E-state index < -0.39 is 23.4 Å². The molecule has 0 atom stereocenters. The summed E-state index contributed by atoms with van der Waals surface area (Å²) in [4.78, 5) is 19.1. The zero-order chi connectivity index (χ0) is 21.3. The van der Waals surface area contributed by atoms with Crippen LogP contribution in [0.4, 0.5) is 25.1 Å². The number of anilines is 2. The van der Waals surface area contributed by atoms with Crippen LogP contribution in [-0.4, -0.2) is 26.2 Å². The van der Waals surface area contributed by atoms with E-state index in [4.69, 9.17) is 4.74 Å². The molecule has 3 aromatic heterocycles. The molecule has 4 aromatic rings. The average molecular weight is 475 g/mol. The quantitative estimate of drug-likeness (QED) is 0.379. The fourth-order valence-corrected chi connectivity index (χ4v) is 3.15. The van der Waals surface area contributed by atoms with Crippen LogP contribution >= 0.6 is 15.9 Å². The van der Waals surface area contributed by atoms with Gasteiger partial charge in [0.05, 0.1) is 11.1 Å². The molecule has 0 unspecified atom stereocenters. The number of nitrogens with zero attached hydrogens (tertiary/aromatic N) is 3. The minimum absolute atomic E-state index is 0.0994. The van der Waals surface area contributed by atoms with Crippen LogP contribution < -0.4 is 15.4 Å². The van der Waals surface area contributed by atoms with Crippen molar-refractivity contribution in [3.8, 4) is 11.5 Å². The number of H-pyrrole nitrogens is 1. The highest BCUT2D eigenvalue weighted by molar-refractivity contribution is 9.10. The number of carbonyl (C=O) groups excluding carboxylic acids is 1. The minimum Gasteiger partial charge on any atom is -0.450 e. The standard InChI is InChI=1S/C19H13BrF2N6O2/c1-9-2-3-15(28-27-9)26-19(29)25-10-6-12(21)17(13(22)7-10)30-14-4-5-23-18-16(14)11(20)8-24-18/h2-8H,1H3,(H,23,24)(H2,25,26,28,29). The third kappa shape index (κ3) is 4.06. The van der Waals surface area contributed by atoms with Crippen molar-refractivity contribution < 1.29 is 18.3 Å². The Morgan fingerprint density at radius 3 is 2.60 bits per heavy atom. The first-order chi connectivity index (χ1) is 14.4. The number of halogens is 3. The topological polar surface area (TPSA) is 105 Å². The van der Waals surface area contributed by atoms with Gasteiger partial charge in [0.1, 0.15) is 11.4 Å². The molecule has 8 nitrogen and oxygen atoms in total. The predicted octanol–water partition coefficient (Wildman–Crippen LogP) is 5.14. The Kier molecular flexibility index (Phi) is 5.27. The molecule has 0 fully saturated rings. The van der Waals surface area contributed by atoms with Crippen molar-refractivity contribution in [2.75, 3.05) is 10.6 Å². The summed E-state index contributed by atoms with van der Waals surface area (Å²) in [5.74, 6) is -2.18. The summed E-state index contributed by atoms with van der Waals surface area (Å²) in [6.45, 7) is 1.75. The van der Waals surface area contributed by atoms with Gasteiger partial charge in [-0.05, 0) is 41.1 Å². The molecule has 11 heteroatoms. The van der Waals surface area contributed by atoms with Crippen molar-refractivity contribution >= 4 is 44.5 Å². The zero-order valence-corrected chi connectivity index (χ0v) is 16.9. The van der Waals surface area contributed by atoms with Crippen molar-refractivity contribution in [2.24, 2.45) is 0 Å². The summed E-state index contributed by atoms with van der Waals surface area (Å²) in [6.07, 6.45) is 3.09. The van der Waals surface area contributed by atoms with Crippen molar-refractivity contribution in [1.82, 2.24) is 20.2 Å². The SMILES string of the molecule is Cc1ccc(NC(=O)Nc2cc(F)c(Oc3ccnc4[nH]cc(Br)c34)c(F)c2)nn1. The smallest absolute Gasteiger partial charge is 0.324 e. The van der Waals surface area contributed by atoms with Gasteiger partial charge in [-0.25, -0.2) is 18.6 Å². The summed E-state index contributed by atoms with van der Waals surface area (Å²) in [7, 11) is 0. The maximum Gasteiger partial charge on any atom is 0.324 e. The van der Waals surface area contributed by atoms with E-state index in [1.54, 1.807) is 25.3 Å². The molecular formula is C19H13BrF2N6O2. The van der Waals surface area contributed by atoms with Gasteiger partial charge in [0.25, 0.3) is 0 Å². The van der Waals surface area contributed by atoms with Crippen LogP contribution in [0, 0.1) is 18.6 Å². The Bertz CT molecular complexity index is 1220. The van der Waals surface area contributed by atoms with Crippen molar-refractivity contribution in [3.63, 3.8) is 0 Å². The number of benzene rings is 1. The first kappa shape index (κ1) is 19.7. The number of ether oxygens (including phenoxy) is 1. The van der Waals surface area contributed by atoms with Crippen molar-refractivity contribution in [3.05, 3.63) is 64.5 Å². The second-order valence-corrected chi connectivity index (χ2v) is 7.03. The van der Waals surface area contributed by atoms with E-state index in [0.29, 0.717) is 21.2 Å². The first-order valence-corrected chi connectivity index (χ1v) is 9.37. The summed E-state index contributed by atoms with van der Waals surface area (Å²) in [5.41, 5.74) is 1.07. The van der Waals surface area contributed by atoms with Crippen LogP contribution in [0.25, 0.3) is 11.0 Å². The molecule has 0 aliphatic heterocycles. The number of carbonyl (C=O) groups is 1. The lowest BCUT2D eigenvalue weighted by Gasteiger charge is -2.12. The number of amides is 2. The first-order valence-electron chi connectivity index (χ1n) is 8.57. The molecule has 30 heavy (non-hydrogen) atoms. The molecule has 152 valence electrons. The van der Waals surface area contributed by atoms with Crippen molar-refractivity contribution in [2.45, 2.75) is 6.92 Å². The van der Waals surface area contributed by atoms with Gasteiger partial charge in [-0.2, -0.15) is 5.10 Å². The largest absolute Gasteiger partial charge is 0.450 e. The number of aromatic nitrogens is 4. The van der Waals surface area contributed by atoms with Gasteiger partial charge in [-0.1, -0.05) is 0 Å². The third-order valence-corrected chi connectivity index (χ3v) is 4.62. The number of hydrogen-bond donors (Lipinski definition) is 3. The molecule has 2 amide bonds. The zero-order valence-electron chi connectivity index (χ0n) is 15.3. The molecule has 3 heterocycles. The van der Waals surface area contributed by atoms with Crippen molar-refractivity contribution in [1.29, 1.82) is 0 Å². The van der Waals surface area contributed by atoms with E-state index in [1.807, 2.05) is 0 Å². The Hall–Kier alpha value is -3.60. The normalized spacial score (nSPS) is 10.8. The van der Waals surface area contributed by atoms with Gasteiger partial charge in [-0.3, -0.25) is 5.32 Å². The van der Waals surface area contributed by atoms with Crippen LogP contribution in [0.15, 0.2) is 47.2 Å². The summed E-state index contributed by atoms with van der Waals surface area (Å²) >= 11 is 3.34. The van der Waals surface area contributed by atoms with Gasteiger partial charge in [0.15, 0.2) is 23.2 Å². The molecular weight excluding hydrogens is 462 g/mol. The molecule has 1 aromatic carbocycles. The van der Waals surface area contributed by atoms with Gasteiger partial charge in [0, 0.05) is 34.7 Å². The van der Waals surface area contributed by atoms with E-state index in [1.165, 1.54) is 12.3 Å². The highest BCUT2D eigenvalue weighted by atomic mass is 79.9. The number of nitrogens with one attached hydrogen (secondary N) is 3. The van der Waals surface area contributed by atoms with E-state index in [2.05, 4.69) is 46.7 Å². The number of urea groups is 1. The lowest BCUT2D eigenvalue weighted by Crippen LogP contribution is -2.20. The Morgan fingerprint density at radius 1 is 1.13 bits per heavy atom. The predicted molar refractivity (Wildman–Crippen MR) is 110 cm³/mol. The molecule has 0 aliphatic carbocycles. The molecule has 0 aliphatic rings. The molecule has 4 rings (SSSR count). The number of hydrogen-bond acceptors (Lipinski definition) is 5. The fraction of sp³-hybridized carbons (Fsp3) is 0.0526. The van der Waals surface area contributed by atoms with Crippen LogP contribution in [0.3, 0.4) is 0 Å². The molecule has 0 bridgehead atoms. The highest BCUT2D eigenvalue weighted by Crippen LogP contribution is 2.36. The number of aromatic amines is 1. The maximum absolute atomic E-state index is 14.6. The summed E-state index contributed by atoms with van der Waals surface area (Å²) in [6, 6.07) is 5.86. The van der Waals surface area contributed by atoms with Crippen LogP contribution in [0.2, 0.25) is 0 Å². The van der Waals surface area contributed by atoms with Crippen LogP contribution in [0.5, 0.6) is 11.5 Å². The summed E-state index contributed by atoms with van der Waals surface area (Å²) < 4.78 is 35.2. The molecule has 0 saturated heterocycles. The van der Waals surface area contributed by atoms with Gasteiger partial charge >= 0.3 is 6.03 Å². The Morgan fingerprint density at radius 2 is 1.90 bits per heavy atom. The van der Waals surface area contributed by atoms with E-state index in [-0.39, 0.29) is 17.3 Å². The molecule has 0 saturated carbocycles. The van der Waals surface area contributed by atoms with E-state index in [9.17, 15) is 13.6 Å². The fourth-order valence-electron chi connectivity index (χ4n) is 2.66. The van der Waals surface area contributed by atoms with E-state index >= 15 is 0 Å². The second-order valence-electron chi connectivity index (χ2n) is 6.18. The van der Waals surface area contributed by atoms with Crippen LogP contribution in [-0.2, 0) is 0 Å². The Labute approximate surface area is 176 Å². The minimum atomic E-state index is -0.989. The highest BCUT2D eigenvalue weighted by Gasteiger charge is 2.18. The van der Waals surface area contributed by atoms with E-state index in [0.717, 1.165) is 12.1 Å². The number of aryl methyl sites for hydroxylation is 1. The van der Waals surface area contributed by atoms with Gasteiger partial charge < -0.3 is 15.0 Å². The number of fused-ring (bicyclic) bond motifs is 1. The monoisotopic (exact) mass is 474 g/mol. The Balaban J connectivity index is 1.54. The molecule has 0 radical (unpaired) electrons. The molecule has 0 spiro atoms. The number of rotatable bonds is 4. The van der Waals surface area contributed by atoms with Crippen LogP contribution in [0.1, 0.15) is 5.69 Å². The molecule has 3 N–H and O–H groups in total. The summed E-state index contributed by atoms with van der Waals surface area (Å²) in [5, 5.41) is 12.9. The second kappa shape index (κ2) is 8.03. The maximum atomic E-state index is 14.6. The average Bonchev–Trinajstić information content (AvgIpc) is 3.08. The third-order valence-electron chi connectivity index (χ3n) is 3.99.